The summed E-state index contributed by atoms with van der Waals surface area (Å²) in [5.41, 5.74) is 2.49. The summed E-state index contributed by atoms with van der Waals surface area (Å²) in [4.78, 5) is 0. The second-order valence-electron chi connectivity index (χ2n) is 5.02. The Morgan fingerprint density at radius 2 is 1.67 bits per heavy atom. The van der Waals surface area contributed by atoms with Gasteiger partial charge in [0.25, 0.3) is 0 Å². The van der Waals surface area contributed by atoms with Crippen LogP contribution in [-0.4, -0.2) is 20.8 Å². The molecular weight excluding hydrogens is 262 g/mol. The highest BCUT2D eigenvalue weighted by Crippen LogP contribution is 2.24. The molecule has 0 radical (unpaired) electrons. The van der Waals surface area contributed by atoms with E-state index in [1.165, 1.54) is 11.1 Å². The van der Waals surface area contributed by atoms with E-state index in [1.807, 2.05) is 30.3 Å². The van der Waals surface area contributed by atoms with Crippen LogP contribution in [0.5, 0.6) is 11.5 Å². The lowest BCUT2D eigenvalue weighted by Gasteiger charge is -2.17. The van der Waals surface area contributed by atoms with Crippen molar-refractivity contribution in [3.63, 3.8) is 0 Å². The topological polar surface area (TPSA) is 30.5 Å². The van der Waals surface area contributed by atoms with Crippen LogP contribution in [0, 0.1) is 0 Å². The van der Waals surface area contributed by atoms with Crippen molar-refractivity contribution in [2.24, 2.45) is 0 Å². The molecule has 0 aromatic heterocycles. The molecule has 21 heavy (non-hydrogen) atoms. The zero-order chi connectivity index (χ0) is 15.1. The molecule has 0 saturated carbocycles. The minimum Gasteiger partial charge on any atom is -0.497 e. The maximum absolute atomic E-state index is 5.40. The third-order valence-electron chi connectivity index (χ3n) is 3.63. The molecule has 0 amide bonds. The lowest BCUT2D eigenvalue weighted by atomic mass is 10.1. The molecule has 112 valence electrons. The van der Waals surface area contributed by atoms with Crippen LogP contribution >= 0.6 is 0 Å². The van der Waals surface area contributed by atoms with Crippen LogP contribution in [0.25, 0.3) is 0 Å². The Morgan fingerprint density at radius 1 is 0.952 bits per heavy atom. The van der Waals surface area contributed by atoms with E-state index in [4.69, 9.17) is 9.47 Å². The van der Waals surface area contributed by atoms with Crippen LogP contribution < -0.4 is 14.8 Å². The van der Waals surface area contributed by atoms with Crippen molar-refractivity contribution in [2.75, 3.05) is 20.8 Å². The van der Waals surface area contributed by atoms with E-state index in [1.54, 1.807) is 14.2 Å². The summed E-state index contributed by atoms with van der Waals surface area (Å²) in [6.07, 6.45) is 0.990. The Bertz CT molecular complexity index is 551. The Kier molecular flexibility index (Phi) is 5.64. The predicted molar refractivity (Wildman–Crippen MR) is 86.1 cm³/mol. The Morgan fingerprint density at radius 3 is 2.33 bits per heavy atom. The number of rotatable bonds is 7. The quantitative estimate of drug-likeness (QED) is 0.843. The second-order valence-corrected chi connectivity index (χ2v) is 5.02. The van der Waals surface area contributed by atoms with E-state index >= 15 is 0 Å². The largest absolute Gasteiger partial charge is 0.497 e. The predicted octanol–water partition coefficient (Wildman–Crippen LogP) is 3.60. The highest BCUT2D eigenvalue weighted by molar-refractivity contribution is 5.35. The van der Waals surface area contributed by atoms with Gasteiger partial charge in [0.1, 0.15) is 11.5 Å². The van der Waals surface area contributed by atoms with E-state index in [-0.39, 0.29) is 6.04 Å². The van der Waals surface area contributed by atoms with Crippen LogP contribution in [0.2, 0.25) is 0 Å². The maximum atomic E-state index is 5.40. The van der Waals surface area contributed by atoms with Crippen LogP contribution in [-0.2, 0) is 6.42 Å². The second kappa shape index (κ2) is 7.70. The minimum atomic E-state index is 0.263. The highest BCUT2D eigenvalue weighted by Gasteiger charge is 2.09. The van der Waals surface area contributed by atoms with Gasteiger partial charge in [0.05, 0.1) is 14.2 Å². The fourth-order valence-corrected chi connectivity index (χ4v) is 2.36. The summed E-state index contributed by atoms with van der Waals surface area (Å²) in [5, 5.41) is 3.54. The maximum Gasteiger partial charge on any atom is 0.123 e. The average Bonchev–Trinajstić information content (AvgIpc) is 2.55. The third kappa shape index (κ3) is 4.23. The third-order valence-corrected chi connectivity index (χ3v) is 3.63. The molecule has 0 aliphatic rings. The van der Waals surface area contributed by atoms with Gasteiger partial charge in [0, 0.05) is 11.6 Å². The van der Waals surface area contributed by atoms with Gasteiger partial charge in [-0.25, -0.2) is 0 Å². The van der Waals surface area contributed by atoms with Gasteiger partial charge in [-0.05, 0) is 43.7 Å². The number of benzene rings is 2. The van der Waals surface area contributed by atoms with Gasteiger partial charge in [-0.1, -0.05) is 30.3 Å². The molecule has 2 aromatic carbocycles. The fraction of sp³-hybridized carbons (Fsp3) is 0.333. The molecule has 2 rings (SSSR count). The van der Waals surface area contributed by atoms with E-state index < -0.39 is 0 Å². The van der Waals surface area contributed by atoms with Gasteiger partial charge >= 0.3 is 0 Å². The standard InChI is InChI=1S/C18H23NO2/c1-14(17-6-4-5-7-18(17)21-3)19-13-12-15-8-10-16(20-2)11-9-15/h4-11,14,19H,12-13H2,1-3H3/t14-/m1/s1. The van der Waals surface area contributed by atoms with Crippen LogP contribution in [0.3, 0.4) is 0 Å². The zero-order valence-electron chi connectivity index (χ0n) is 12.9. The molecule has 0 heterocycles. The minimum absolute atomic E-state index is 0.263. The number of ether oxygens (including phenoxy) is 2. The average molecular weight is 285 g/mol. The molecule has 0 aliphatic heterocycles. The first-order valence-corrected chi connectivity index (χ1v) is 7.24. The number of hydrogen-bond acceptors (Lipinski definition) is 3. The van der Waals surface area contributed by atoms with Crippen LogP contribution in [0.4, 0.5) is 0 Å². The molecule has 2 aromatic rings. The van der Waals surface area contributed by atoms with Gasteiger partial charge in [-0.3, -0.25) is 0 Å². The van der Waals surface area contributed by atoms with Crippen molar-refractivity contribution >= 4 is 0 Å². The highest BCUT2D eigenvalue weighted by atomic mass is 16.5. The smallest absolute Gasteiger partial charge is 0.123 e. The molecule has 0 spiro atoms. The number of hydrogen-bond donors (Lipinski definition) is 1. The normalized spacial score (nSPS) is 12.0. The summed E-state index contributed by atoms with van der Waals surface area (Å²) in [6.45, 7) is 3.08. The zero-order valence-corrected chi connectivity index (χ0v) is 12.9. The van der Waals surface area contributed by atoms with Crippen molar-refractivity contribution in [1.29, 1.82) is 0 Å². The lowest BCUT2D eigenvalue weighted by molar-refractivity contribution is 0.402. The van der Waals surface area contributed by atoms with Gasteiger partial charge in [-0.15, -0.1) is 0 Å². The van der Waals surface area contributed by atoms with Crippen molar-refractivity contribution in [3.8, 4) is 11.5 Å². The van der Waals surface area contributed by atoms with Crippen LogP contribution in [0.1, 0.15) is 24.1 Å². The first kappa shape index (κ1) is 15.4. The monoisotopic (exact) mass is 285 g/mol. The summed E-state index contributed by atoms with van der Waals surface area (Å²) in [7, 11) is 3.40. The molecule has 0 aliphatic carbocycles. The molecule has 0 bridgehead atoms. The fourth-order valence-electron chi connectivity index (χ4n) is 2.36. The number of para-hydroxylation sites is 1. The molecule has 0 saturated heterocycles. The van der Waals surface area contributed by atoms with Gasteiger partial charge in [0.2, 0.25) is 0 Å². The molecule has 3 nitrogen and oxygen atoms in total. The summed E-state index contributed by atoms with van der Waals surface area (Å²) < 4.78 is 10.6. The van der Waals surface area contributed by atoms with E-state index in [0.717, 1.165) is 24.5 Å². The van der Waals surface area contributed by atoms with Crippen molar-refractivity contribution in [3.05, 3.63) is 59.7 Å². The van der Waals surface area contributed by atoms with Crippen molar-refractivity contribution in [1.82, 2.24) is 5.32 Å². The molecule has 1 atom stereocenters. The Hall–Kier alpha value is -2.00. The van der Waals surface area contributed by atoms with E-state index in [9.17, 15) is 0 Å². The molecule has 3 heteroatoms. The molecular formula is C18H23NO2. The molecule has 1 N–H and O–H groups in total. The van der Waals surface area contributed by atoms with Gasteiger partial charge in [-0.2, -0.15) is 0 Å². The van der Waals surface area contributed by atoms with Crippen molar-refractivity contribution in [2.45, 2.75) is 19.4 Å². The van der Waals surface area contributed by atoms with E-state index in [2.05, 4.69) is 30.4 Å². The van der Waals surface area contributed by atoms with Gasteiger partial charge < -0.3 is 14.8 Å². The number of methoxy groups -OCH3 is 2. The van der Waals surface area contributed by atoms with E-state index in [0.29, 0.717) is 0 Å². The summed E-state index contributed by atoms with van der Waals surface area (Å²) >= 11 is 0. The SMILES string of the molecule is COc1ccc(CCN[C@H](C)c2ccccc2OC)cc1. The molecule has 0 unspecified atom stereocenters. The first-order valence-electron chi connectivity index (χ1n) is 7.24. The first-order chi connectivity index (χ1) is 10.2. The Labute approximate surface area is 126 Å². The summed E-state index contributed by atoms with van der Waals surface area (Å²) in [6, 6.07) is 16.6. The lowest BCUT2D eigenvalue weighted by Crippen LogP contribution is -2.21. The van der Waals surface area contributed by atoms with Crippen LogP contribution in [0.15, 0.2) is 48.5 Å². The molecule has 0 fully saturated rings. The summed E-state index contributed by atoms with van der Waals surface area (Å²) in [5.74, 6) is 1.83. The van der Waals surface area contributed by atoms with Crippen molar-refractivity contribution < 1.29 is 9.47 Å². The van der Waals surface area contributed by atoms with Gasteiger partial charge in [0.15, 0.2) is 0 Å². The number of nitrogens with one attached hydrogen (secondary N) is 1. The Balaban J connectivity index is 1.87.